The van der Waals surface area contributed by atoms with Gasteiger partial charge in [-0.3, -0.25) is 14.9 Å². The van der Waals surface area contributed by atoms with Gasteiger partial charge in [-0.05, 0) is 44.2 Å². The van der Waals surface area contributed by atoms with Gasteiger partial charge in [-0.25, -0.2) is 0 Å². The SMILES string of the molecule is CCN(CC1=NCc2ccc(-c3ncccc3C(F)(F)F)cc2N1)C(C)C. The highest BCUT2D eigenvalue weighted by Crippen LogP contribution is 2.37. The molecule has 0 fully saturated rings. The van der Waals surface area contributed by atoms with Crippen molar-refractivity contribution in [3.63, 3.8) is 0 Å². The van der Waals surface area contributed by atoms with E-state index in [0.29, 0.717) is 24.7 Å². The molecule has 7 heteroatoms. The molecule has 0 bridgehead atoms. The second kappa shape index (κ2) is 7.68. The first-order valence-electron chi connectivity index (χ1n) is 8.99. The Labute approximate surface area is 157 Å². The van der Waals surface area contributed by atoms with E-state index in [1.807, 2.05) is 6.07 Å². The van der Waals surface area contributed by atoms with E-state index in [2.05, 4.69) is 41.0 Å². The van der Waals surface area contributed by atoms with Crippen molar-refractivity contribution in [3.05, 3.63) is 47.7 Å². The average molecular weight is 376 g/mol. The van der Waals surface area contributed by atoms with Crippen molar-refractivity contribution < 1.29 is 13.2 Å². The van der Waals surface area contributed by atoms with Crippen molar-refractivity contribution in [2.45, 2.75) is 39.5 Å². The number of benzene rings is 1. The molecule has 0 atom stereocenters. The summed E-state index contributed by atoms with van der Waals surface area (Å²) in [5, 5.41) is 3.28. The van der Waals surface area contributed by atoms with Crippen molar-refractivity contribution in [1.82, 2.24) is 9.88 Å². The van der Waals surface area contributed by atoms with Crippen LogP contribution in [0.1, 0.15) is 31.9 Å². The number of pyridine rings is 1. The zero-order valence-corrected chi connectivity index (χ0v) is 15.6. The summed E-state index contributed by atoms with van der Waals surface area (Å²) in [6.45, 7) is 8.43. The molecule has 1 aliphatic heterocycles. The van der Waals surface area contributed by atoms with Crippen LogP contribution in [0, 0.1) is 0 Å². The van der Waals surface area contributed by atoms with E-state index in [1.54, 1.807) is 12.1 Å². The van der Waals surface area contributed by atoms with Crippen LogP contribution in [-0.4, -0.2) is 34.9 Å². The summed E-state index contributed by atoms with van der Waals surface area (Å²) >= 11 is 0. The maximum atomic E-state index is 13.3. The Morgan fingerprint density at radius 3 is 2.67 bits per heavy atom. The molecule has 0 saturated carbocycles. The van der Waals surface area contributed by atoms with Crippen molar-refractivity contribution in [1.29, 1.82) is 0 Å². The second-order valence-corrected chi connectivity index (χ2v) is 6.81. The molecule has 2 aromatic rings. The van der Waals surface area contributed by atoms with Crippen LogP contribution in [-0.2, 0) is 12.7 Å². The number of nitrogens with one attached hydrogen (secondary N) is 1. The Morgan fingerprint density at radius 1 is 1.22 bits per heavy atom. The topological polar surface area (TPSA) is 40.5 Å². The minimum Gasteiger partial charge on any atom is -0.343 e. The lowest BCUT2D eigenvalue weighted by Crippen LogP contribution is -2.38. The van der Waals surface area contributed by atoms with Crippen molar-refractivity contribution in [2.75, 3.05) is 18.4 Å². The van der Waals surface area contributed by atoms with Gasteiger partial charge in [0.2, 0.25) is 0 Å². The van der Waals surface area contributed by atoms with Gasteiger partial charge in [0.25, 0.3) is 0 Å². The number of rotatable bonds is 5. The maximum Gasteiger partial charge on any atom is 0.418 e. The number of aliphatic imine (C=N–C) groups is 1. The fraction of sp³-hybridized carbons (Fsp3) is 0.400. The third-order valence-electron chi connectivity index (χ3n) is 4.70. The van der Waals surface area contributed by atoms with Gasteiger partial charge >= 0.3 is 6.18 Å². The molecule has 0 radical (unpaired) electrons. The molecular formula is C20H23F3N4. The summed E-state index contributed by atoms with van der Waals surface area (Å²) in [7, 11) is 0. The molecule has 1 N–H and O–H groups in total. The summed E-state index contributed by atoms with van der Waals surface area (Å²) in [6, 6.07) is 7.96. The molecule has 0 spiro atoms. The number of nitrogens with zero attached hydrogens (tertiary/aromatic N) is 3. The fourth-order valence-electron chi connectivity index (χ4n) is 3.16. The molecule has 0 unspecified atom stereocenters. The van der Waals surface area contributed by atoms with E-state index in [4.69, 9.17) is 0 Å². The largest absolute Gasteiger partial charge is 0.418 e. The zero-order valence-electron chi connectivity index (χ0n) is 15.6. The van der Waals surface area contributed by atoms with Crippen LogP contribution >= 0.6 is 0 Å². The van der Waals surface area contributed by atoms with Gasteiger partial charge in [0.15, 0.2) is 0 Å². The standard InChI is InChI=1S/C20H23F3N4/c1-4-27(13(2)3)12-18-25-11-15-8-7-14(10-17(15)26-18)19-16(20(21,22)23)6-5-9-24-19/h5-10,13H,4,11-12H2,1-3H3,(H,25,26). The monoisotopic (exact) mass is 376 g/mol. The van der Waals surface area contributed by atoms with E-state index in [-0.39, 0.29) is 5.69 Å². The van der Waals surface area contributed by atoms with Crippen LogP contribution in [0.5, 0.6) is 0 Å². The lowest BCUT2D eigenvalue weighted by atomic mass is 10.0. The smallest absolute Gasteiger partial charge is 0.343 e. The molecule has 1 aliphatic rings. The minimum atomic E-state index is -4.45. The molecular weight excluding hydrogens is 353 g/mol. The van der Waals surface area contributed by atoms with Gasteiger partial charge in [-0.1, -0.05) is 19.1 Å². The van der Waals surface area contributed by atoms with Crippen LogP contribution in [0.15, 0.2) is 41.5 Å². The summed E-state index contributed by atoms with van der Waals surface area (Å²) in [5.74, 6) is 0.826. The quantitative estimate of drug-likeness (QED) is 0.813. The predicted molar refractivity (Wildman–Crippen MR) is 102 cm³/mol. The Kier molecular flexibility index (Phi) is 5.51. The molecule has 2 heterocycles. The zero-order chi connectivity index (χ0) is 19.6. The highest BCUT2D eigenvalue weighted by atomic mass is 19.4. The summed E-state index contributed by atoms with van der Waals surface area (Å²) in [4.78, 5) is 10.8. The molecule has 4 nitrogen and oxygen atoms in total. The van der Waals surface area contributed by atoms with Crippen molar-refractivity contribution in [3.8, 4) is 11.3 Å². The normalized spacial score (nSPS) is 14.1. The highest BCUT2D eigenvalue weighted by molar-refractivity contribution is 5.99. The molecule has 1 aromatic heterocycles. The van der Waals surface area contributed by atoms with E-state index >= 15 is 0 Å². The lowest BCUT2D eigenvalue weighted by molar-refractivity contribution is -0.137. The molecule has 3 rings (SSSR count). The number of aromatic nitrogens is 1. The molecule has 0 saturated heterocycles. The predicted octanol–water partition coefficient (Wildman–Crippen LogP) is 4.82. The van der Waals surface area contributed by atoms with Gasteiger partial charge in [0.05, 0.1) is 24.3 Å². The molecule has 0 aliphatic carbocycles. The lowest BCUT2D eigenvalue weighted by Gasteiger charge is -2.28. The van der Waals surface area contributed by atoms with Gasteiger partial charge < -0.3 is 5.32 Å². The van der Waals surface area contributed by atoms with Crippen LogP contribution < -0.4 is 5.32 Å². The van der Waals surface area contributed by atoms with Crippen molar-refractivity contribution in [2.24, 2.45) is 4.99 Å². The van der Waals surface area contributed by atoms with Gasteiger partial charge in [0.1, 0.15) is 5.84 Å². The average Bonchev–Trinajstić information content (AvgIpc) is 2.64. The highest BCUT2D eigenvalue weighted by Gasteiger charge is 2.34. The number of likely N-dealkylation sites (N-methyl/N-ethyl adjacent to an activating group) is 1. The molecule has 0 amide bonds. The first kappa shape index (κ1) is 19.4. The Balaban J connectivity index is 1.89. The Morgan fingerprint density at radius 2 is 2.00 bits per heavy atom. The van der Waals surface area contributed by atoms with Crippen LogP contribution in [0.4, 0.5) is 18.9 Å². The molecule has 144 valence electrons. The summed E-state index contributed by atoms with van der Waals surface area (Å²) in [5.41, 5.74) is 1.39. The number of anilines is 1. The third kappa shape index (κ3) is 4.30. The van der Waals surface area contributed by atoms with Crippen molar-refractivity contribution >= 4 is 11.5 Å². The van der Waals surface area contributed by atoms with E-state index in [0.717, 1.165) is 29.7 Å². The first-order chi connectivity index (χ1) is 12.8. The second-order valence-electron chi connectivity index (χ2n) is 6.81. The molecule has 27 heavy (non-hydrogen) atoms. The number of fused-ring (bicyclic) bond motifs is 1. The summed E-state index contributed by atoms with van der Waals surface area (Å²) < 4.78 is 39.9. The minimum absolute atomic E-state index is 0.0592. The van der Waals surface area contributed by atoms with Crippen LogP contribution in [0.25, 0.3) is 11.3 Å². The number of hydrogen-bond acceptors (Lipinski definition) is 4. The first-order valence-corrected chi connectivity index (χ1v) is 8.99. The summed E-state index contributed by atoms with van der Waals surface area (Å²) in [6.07, 6.45) is -3.06. The number of hydrogen-bond donors (Lipinski definition) is 1. The van der Waals surface area contributed by atoms with Gasteiger partial charge in [-0.2, -0.15) is 13.2 Å². The Bertz CT molecular complexity index is 843. The number of amidine groups is 1. The van der Waals surface area contributed by atoms with Crippen LogP contribution in [0.3, 0.4) is 0 Å². The number of alkyl halides is 3. The maximum absolute atomic E-state index is 13.3. The third-order valence-corrected chi connectivity index (χ3v) is 4.70. The van der Waals surface area contributed by atoms with Crippen LogP contribution in [0.2, 0.25) is 0 Å². The van der Waals surface area contributed by atoms with Gasteiger partial charge in [-0.15, -0.1) is 0 Å². The van der Waals surface area contributed by atoms with E-state index in [1.165, 1.54) is 12.3 Å². The molecule has 1 aromatic carbocycles. The number of halogens is 3. The van der Waals surface area contributed by atoms with E-state index in [9.17, 15) is 13.2 Å². The van der Waals surface area contributed by atoms with Gasteiger partial charge in [0, 0.05) is 23.5 Å². The Hall–Kier alpha value is -2.41. The van der Waals surface area contributed by atoms with E-state index < -0.39 is 11.7 Å². The fourth-order valence-corrected chi connectivity index (χ4v) is 3.16.